The van der Waals surface area contributed by atoms with Crippen molar-refractivity contribution >= 4 is 33.1 Å². The number of benzene rings is 3. The molecule has 0 aliphatic heterocycles. The van der Waals surface area contributed by atoms with E-state index in [9.17, 15) is 23.3 Å². The van der Waals surface area contributed by atoms with Crippen molar-refractivity contribution in [2.24, 2.45) is 0 Å². The molecule has 1 unspecified atom stereocenters. The zero-order valence-corrected chi connectivity index (χ0v) is 22.7. The van der Waals surface area contributed by atoms with Gasteiger partial charge >= 0.3 is 6.09 Å². The van der Waals surface area contributed by atoms with Crippen LogP contribution in [0.25, 0.3) is 11.1 Å². The van der Waals surface area contributed by atoms with Gasteiger partial charge in [0.1, 0.15) is 15.5 Å². The Morgan fingerprint density at radius 2 is 1.61 bits per heavy atom. The van der Waals surface area contributed by atoms with E-state index < -0.39 is 27.5 Å². The van der Waals surface area contributed by atoms with Gasteiger partial charge in [-0.15, -0.1) is 0 Å². The summed E-state index contributed by atoms with van der Waals surface area (Å²) in [5.41, 5.74) is 2.46. The first kappa shape index (κ1) is 29.3. The summed E-state index contributed by atoms with van der Waals surface area (Å²) in [7, 11) is -1.87. The van der Waals surface area contributed by atoms with Crippen molar-refractivity contribution in [3.8, 4) is 11.1 Å². The molecule has 1 aromatic heterocycles. The molecule has 0 aliphatic carbocycles. The zero-order chi connectivity index (χ0) is 29.4. The Bertz CT molecular complexity index is 1650. The molecule has 41 heavy (non-hydrogen) atoms. The quantitative estimate of drug-likeness (QED) is 0.163. The molecular formula is C29H27FN4O6S. The van der Waals surface area contributed by atoms with E-state index in [1.165, 1.54) is 48.7 Å². The van der Waals surface area contributed by atoms with Gasteiger partial charge in [0, 0.05) is 25.1 Å². The molecule has 1 atom stereocenters. The van der Waals surface area contributed by atoms with Gasteiger partial charge in [-0.25, -0.2) is 18.2 Å². The normalized spacial score (nSPS) is 12.3. The number of anilines is 2. The van der Waals surface area contributed by atoms with Gasteiger partial charge in [-0.1, -0.05) is 18.2 Å². The molecule has 0 aliphatic rings. The lowest BCUT2D eigenvalue weighted by atomic mass is 10.0. The molecule has 0 saturated carbocycles. The predicted molar refractivity (Wildman–Crippen MR) is 151 cm³/mol. The van der Waals surface area contributed by atoms with Gasteiger partial charge in [0.25, 0.3) is 5.91 Å². The van der Waals surface area contributed by atoms with Gasteiger partial charge in [-0.2, -0.15) is 0 Å². The fraction of sp³-hybridized carbons (Fsp3) is 0.138. The van der Waals surface area contributed by atoms with Crippen LogP contribution < -0.4 is 10.6 Å². The summed E-state index contributed by atoms with van der Waals surface area (Å²) >= 11 is 0. The van der Waals surface area contributed by atoms with E-state index in [1.807, 2.05) is 0 Å². The first-order valence-electron chi connectivity index (χ1n) is 12.3. The number of nitrogens with zero attached hydrogens (tertiary/aromatic N) is 1. The molecule has 0 spiro atoms. The smallest absolute Gasteiger partial charge is 0.409 e. The van der Waals surface area contributed by atoms with E-state index in [-0.39, 0.29) is 33.3 Å². The molecular weight excluding hydrogens is 551 g/mol. The van der Waals surface area contributed by atoms with Crippen LogP contribution in [0.5, 0.6) is 0 Å². The predicted octanol–water partition coefficient (Wildman–Crippen LogP) is 5.86. The monoisotopic (exact) mass is 578 g/mol. The molecule has 2 amide bonds. The third-order valence-electron chi connectivity index (χ3n) is 5.94. The highest BCUT2D eigenvalue weighted by Gasteiger charge is 2.17. The molecule has 212 valence electrons. The van der Waals surface area contributed by atoms with E-state index >= 15 is 0 Å². The molecule has 1 heterocycles. The lowest BCUT2D eigenvalue weighted by Gasteiger charge is -2.14. The van der Waals surface area contributed by atoms with Gasteiger partial charge in [0.2, 0.25) is 0 Å². The fourth-order valence-electron chi connectivity index (χ4n) is 3.85. The number of ether oxygens (including phenoxy) is 2. The van der Waals surface area contributed by atoms with Crippen molar-refractivity contribution < 1.29 is 32.8 Å². The number of hydrogen-bond donors (Lipinski definition) is 4. The van der Waals surface area contributed by atoms with Crippen LogP contribution in [0.3, 0.4) is 0 Å². The van der Waals surface area contributed by atoms with E-state index in [0.29, 0.717) is 29.9 Å². The largest absolute Gasteiger partial charge is 0.465 e. The summed E-state index contributed by atoms with van der Waals surface area (Å²) < 4.78 is 45.7. The Hall–Kier alpha value is -4.65. The van der Waals surface area contributed by atoms with Crippen molar-refractivity contribution in [3.05, 3.63) is 102 Å². The minimum atomic E-state index is -3.43. The summed E-state index contributed by atoms with van der Waals surface area (Å²) in [4.78, 5) is 28.8. The van der Waals surface area contributed by atoms with Gasteiger partial charge in [-0.3, -0.25) is 15.1 Å². The second-order valence-electron chi connectivity index (χ2n) is 8.81. The number of hydrogen-bond acceptors (Lipinski definition) is 7. The number of pyridine rings is 1. The number of aromatic nitrogens is 1. The van der Waals surface area contributed by atoms with Crippen LogP contribution in [0.15, 0.2) is 95.0 Å². The summed E-state index contributed by atoms with van der Waals surface area (Å²) in [6.07, 6.45) is 1.61. The Morgan fingerprint density at radius 3 is 2.29 bits per heavy atom. The van der Waals surface area contributed by atoms with Crippen LogP contribution in [0.1, 0.15) is 15.9 Å². The topological polar surface area (TPSA) is 151 Å². The summed E-state index contributed by atoms with van der Waals surface area (Å²) in [6.45, 7) is 1.03. The van der Waals surface area contributed by atoms with E-state index in [0.717, 1.165) is 0 Å². The third kappa shape index (κ3) is 7.51. The second kappa shape index (κ2) is 13.1. The third-order valence-corrected chi connectivity index (χ3v) is 7.76. The molecule has 0 bridgehead atoms. The maximum Gasteiger partial charge on any atom is 0.409 e. The average Bonchev–Trinajstić information content (AvgIpc) is 2.96. The Labute approximate surface area is 236 Å². The summed E-state index contributed by atoms with van der Waals surface area (Å²) in [6, 6.07) is 17.7. The van der Waals surface area contributed by atoms with Gasteiger partial charge < -0.3 is 19.9 Å². The lowest BCUT2D eigenvalue weighted by molar-refractivity contribution is 0.0615. The maximum absolute atomic E-state index is 13.4. The van der Waals surface area contributed by atoms with E-state index in [1.54, 1.807) is 43.6 Å². The van der Waals surface area contributed by atoms with Crippen molar-refractivity contribution in [1.82, 2.24) is 4.98 Å². The minimum absolute atomic E-state index is 0.140. The first-order chi connectivity index (χ1) is 19.7. The maximum atomic E-state index is 13.4. The molecule has 0 fully saturated rings. The van der Waals surface area contributed by atoms with Gasteiger partial charge in [0.05, 0.1) is 41.0 Å². The molecule has 4 aromatic rings. The van der Waals surface area contributed by atoms with Crippen molar-refractivity contribution in [2.45, 2.75) is 16.4 Å². The molecule has 12 heteroatoms. The average molecular weight is 579 g/mol. The highest BCUT2D eigenvalue weighted by Crippen LogP contribution is 2.30. The van der Waals surface area contributed by atoms with Crippen LogP contribution in [-0.4, -0.2) is 46.6 Å². The van der Waals surface area contributed by atoms with Crippen LogP contribution in [0.4, 0.5) is 20.6 Å². The number of methoxy groups -OCH3 is 1. The van der Waals surface area contributed by atoms with Crippen LogP contribution in [-0.2, 0) is 25.8 Å². The van der Waals surface area contributed by atoms with Crippen LogP contribution in [0.2, 0.25) is 0 Å². The molecule has 4 N–H and O–H groups in total. The van der Waals surface area contributed by atoms with Crippen molar-refractivity contribution in [3.63, 3.8) is 0 Å². The number of carboxylic acid groups (broad SMARTS) is 1. The van der Waals surface area contributed by atoms with E-state index in [2.05, 4.69) is 15.6 Å². The first-order valence-corrected chi connectivity index (χ1v) is 13.8. The Kier molecular flexibility index (Phi) is 9.40. The minimum Gasteiger partial charge on any atom is -0.465 e. The standard InChI is InChI=1S/C29H27FN4O6S/c1-39-12-13-40-18-19-14-25(17-32-16-19)41(31,38)24-9-4-21(5-10-24)28(35)33-27-15-22(6-11-26(27)34-29(36)37)20-2-7-23(30)8-3-20/h2-11,14-17,31,34H,12-13,18H2,1H3,(H,33,35)(H,36,37). The Balaban J connectivity index is 1.53. The fourth-order valence-corrected chi connectivity index (χ4v) is 5.17. The van der Waals surface area contributed by atoms with Crippen LogP contribution >= 0.6 is 0 Å². The summed E-state index contributed by atoms with van der Waals surface area (Å²) in [5, 5.41) is 14.2. The van der Waals surface area contributed by atoms with Crippen molar-refractivity contribution in [2.75, 3.05) is 31.0 Å². The zero-order valence-electron chi connectivity index (χ0n) is 21.9. The number of carbonyl (C=O) groups is 2. The molecule has 3 aromatic carbocycles. The van der Waals surface area contributed by atoms with Gasteiger partial charge in [-0.05, 0) is 71.3 Å². The second-order valence-corrected chi connectivity index (χ2v) is 10.9. The number of amides is 2. The van der Waals surface area contributed by atoms with Crippen LogP contribution in [0, 0.1) is 10.6 Å². The van der Waals surface area contributed by atoms with E-state index in [4.69, 9.17) is 14.3 Å². The molecule has 10 nitrogen and oxygen atoms in total. The molecule has 0 radical (unpaired) electrons. The number of rotatable bonds is 11. The Morgan fingerprint density at radius 1 is 0.902 bits per heavy atom. The lowest BCUT2D eigenvalue weighted by Crippen LogP contribution is -2.15. The van der Waals surface area contributed by atoms with Crippen molar-refractivity contribution in [1.29, 1.82) is 4.78 Å². The molecule has 4 rings (SSSR count). The number of nitrogens with one attached hydrogen (secondary N) is 3. The molecule has 0 saturated heterocycles. The SMILES string of the molecule is COCCOCc1cncc(S(=N)(=O)c2ccc(C(=O)Nc3cc(-c4ccc(F)cc4)ccc3NC(=O)O)cc2)c1. The summed E-state index contributed by atoms with van der Waals surface area (Å²) in [5.74, 6) is -0.961. The highest BCUT2D eigenvalue weighted by molar-refractivity contribution is 7.92. The number of halogens is 1. The van der Waals surface area contributed by atoms with Gasteiger partial charge in [0.15, 0.2) is 0 Å². The highest BCUT2D eigenvalue weighted by atomic mass is 32.2. The number of carbonyl (C=O) groups excluding carboxylic acids is 1.